The Kier molecular flexibility index (Phi) is 8.54. The summed E-state index contributed by atoms with van der Waals surface area (Å²) < 4.78 is 0. The molecule has 4 saturated carbocycles. The fraction of sp³-hybridized carbons (Fsp3) is 0.838. The molecule has 0 radical (unpaired) electrons. The molecule has 0 heterocycles. The quantitative estimate of drug-likeness (QED) is 0.308. The maximum Gasteiger partial charge on any atom is -0.0109 e. The van der Waals surface area contributed by atoms with Gasteiger partial charge in [0.2, 0.25) is 0 Å². The topological polar surface area (TPSA) is 0 Å². The lowest BCUT2D eigenvalue weighted by Gasteiger charge is -2.57. The zero-order chi connectivity index (χ0) is 26.2. The van der Waals surface area contributed by atoms with Crippen molar-refractivity contribution < 1.29 is 0 Å². The molecule has 0 heteroatoms. The standard InChI is InChI=1S/C37H60/c1-7-9-11-28-15-18-31-29(25-28)16-19-33-32(31)22-23-37(6)34(20-21-35(33)37)26(3)24-27-12-10-13-30(17-14-27)36(4,5)8-2/h12-14,17,26,28-29,31-35H,7-11,15-16,18-25H2,1-6H3/t26-,28?,29?,31?,32-,33?,34-,35+,37?/m1/s1. The lowest BCUT2D eigenvalue weighted by atomic mass is 9.48. The number of hydrogen-bond donors (Lipinski definition) is 0. The van der Waals surface area contributed by atoms with Crippen LogP contribution in [0.1, 0.15) is 138 Å². The van der Waals surface area contributed by atoms with Gasteiger partial charge in [-0.05, 0) is 134 Å². The van der Waals surface area contributed by atoms with Gasteiger partial charge in [-0.3, -0.25) is 0 Å². The normalized spacial score (nSPS) is 40.6. The van der Waals surface area contributed by atoms with Gasteiger partial charge < -0.3 is 0 Å². The van der Waals surface area contributed by atoms with Gasteiger partial charge in [0, 0.05) is 0 Å². The minimum absolute atomic E-state index is 0.296. The maximum atomic E-state index is 2.76. The molecule has 0 bridgehead atoms. The minimum atomic E-state index is 0.296. The molecule has 0 aromatic rings. The average Bonchev–Trinajstić information content (AvgIpc) is 3.08. The first-order valence-electron chi connectivity index (χ1n) is 16.8. The van der Waals surface area contributed by atoms with Crippen molar-refractivity contribution in [3.8, 4) is 0 Å². The predicted octanol–water partition coefficient (Wildman–Crippen LogP) is 11.3. The molecule has 0 N–H and O–H groups in total. The molecule has 0 aromatic carbocycles. The number of allylic oxidation sites excluding steroid dienone is 6. The van der Waals surface area contributed by atoms with Gasteiger partial charge in [-0.15, -0.1) is 0 Å². The van der Waals surface area contributed by atoms with E-state index in [-0.39, 0.29) is 0 Å². The summed E-state index contributed by atoms with van der Waals surface area (Å²) in [7, 11) is 0. The SMILES string of the molecule is CCCCC1CCC2C(CCC3[C@@H]2CCC2(C)[C@@H]([C@H](C)CC4=CCC=C(C(C)(C)CC)C=C4)CC[C@@H]32)C1. The Bertz CT molecular complexity index is 868. The summed E-state index contributed by atoms with van der Waals surface area (Å²) in [4.78, 5) is 0. The van der Waals surface area contributed by atoms with E-state index in [4.69, 9.17) is 0 Å². The van der Waals surface area contributed by atoms with Crippen LogP contribution < -0.4 is 0 Å². The van der Waals surface area contributed by atoms with E-state index in [1.807, 2.05) is 0 Å². The van der Waals surface area contributed by atoms with Crippen molar-refractivity contribution in [2.24, 2.45) is 58.2 Å². The van der Waals surface area contributed by atoms with E-state index in [1.165, 1.54) is 56.9 Å². The Hall–Kier alpha value is -0.780. The summed E-state index contributed by atoms with van der Waals surface area (Å²) in [6.07, 6.45) is 31.9. The lowest BCUT2D eigenvalue weighted by molar-refractivity contribution is -0.0740. The fourth-order valence-electron chi connectivity index (χ4n) is 10.7. The first-order valence-corrected chi connectivity index (χ1v) is 16.8. The number of hydrogen-bond acceptors (Lipinski definition) is 0. The fourth-order valence-corrected chi connectivity index (χ4v) is 10.7. The van der Waals surface area contributed by atoms with Gasteiger partial charge in [-0.1, -0.05) is 97.1 Å². The second kappa shape index (κ2) is 11.4. The third-order valence-corrected chi connectivity index (χ3v) is 13.2. The molecular formula is C37H60. The zero-order valence-electron chi connectivity index (χ0n) is 25.5. The first kappa shape index (κ1) is 27.8. The summed E-state index contributed by atoms with van der Waals surface area (Å²) >= 11 is 0. The summed E-state index contributed by atoms with van der Waals surface area (Å²) in [6, 6.07) is 0. The minimum Gasteiger partial charge on any atom is -0.0775 e. The summed E-state index contributed by atoms with van der Waals surface area (Å²) in [6.45, 7) is 14.9. The van der Waals surface area contributed by atoms with Crippen molar-refractivity contribution in [3.05, 3.63) is 35.5 Å². The van der Waals surface area contributed by atoms with E-state index in [9.17, 15) is 0 Å². The van der Waals surface area contributed by atoms with Gasteiger partial charge in [-0.2, -0.15) is 0 Å². The van der Waals surface area contributed by atoms with Crippen LogP contribution in [0.15, 0.2) is 35.5 Å². The molecular weight excluding hydrogens is 444 g/mol. The van der Waals surface area contributed by atoms with Crippen molar-refractivity contribution in [2.45, 2.75) is 138 Å². The van der Waals surface area contributed by atoms with Gasteiger partial charge in [0.15, 0.2) is 0 Å². The number of fused-ring (bicyclic) bond motifs is 5. The molecule has 37 heavy (non-hydrogen) atoms. The molecule has 5 aliphatic carbocycles. The summed E-state index contributed by atoms with van der Waals surface area (Å²) in [5, 5.41) is 0. The molecule has 0 amide bonds. The van der Waals surface area contributed by atoms with Crippen LogP contribution in [-0.2, 0) is 0 Å². The Morgan fingerprint density at radius 2 is 1.73 bits per heavy atom. The van der Waals surface area contributed by atoms with Gasteiger partial charge >= 0.3 is 0 Å². The van der Waals surface area contributed by atoms with E-state index in [2.05, 4.69) is 65.8 Å². The van der Waals surface area contributed by atoms with Gasteiger partial charge in [-0.25, -0.2) is 0 Å². The molecule has 5 aliphatic rings. The van der Waals surface area contributed by atoms with Gasteiger partial charge in [0.25, 0.3) is 0 Å². The Balaban J connectivity index is 1.21. The maximum absolute atomic E-state index is 2.76. The smallest absolute Gasteiger partial charge is 0.0109 e. The van der Waals surface area contributed by atoms with Crippen LogP contribution in [-0.4, -0.2) is 0 Å². The van der Waals surface area contributed by atoms with E-state index in [0.717, 1.165) is 53.8 Å². The van der Waals surface area contributed by atoms with Crippen LogP contribution >= 0.6 is 0 Å². The highest BCUT2D eigenvalue weighted by molar-refractivity contribution is 5.35. The second-order valence-corrected chi connectivity index (χ2v) is 15.4. The second-order valence-electron chi connectivity index (χ2n) is 15.4. The zero-order valence-corrected chi connectivity index (χ0v) is 25.5. The van der Waals surface area contributed by atoms with Crippen molar-refractivity contribution in [1.82, 2.24) is 0 Å². The van der Waals surface area contributed by atoms with Gasteiger partial charge in [0.1, 0.15) is 0 Å². The molecule has 4 fully saturated rings. The van der Waals surface area contributed by atoms with Crippen LogP contribution in [0.4, 0.5) is 0 Å². The predicted molar refractivity (Wildman–Crippen MR) is 161 cm³/mol. The van der Waals surface area contributed by atoms with Crippen molar-refractivity contribution >= 4 is 0 Å². The van der Waals surface area contributed by atoms with Crippen LogP contribution in [0.3, 0.4) is 0 Å². The highest BCUT2D eigenvalue weighted by Crippen LogP contribution is 2.66. The van der Waals surface area contributed by atoms with E-state index in [1.54, 1.807) is 44.1 Å². The lowest BCUT2D eigenvalue weighted by Crippen LogP contribution is -2.49. The molecule has 0 aliphatic heterocycles. The number of unbranched alkanes of at least 4 members (excludes halogenated alkanes) is 1. The number of rotatable bonds is 8. The third kappa shape index (κ3) is 5.48. The Morgan fingerprint density at radius 1 is 0.919 bits per heavy atom. The molecule has 208 valence electrons. The van der Waals surface area contributed by atoms with Crippen LogP contribution in [0.5, 0.6) is 0 Å². The molecule has 0 aromatic heterocycles. The third-order valence-electron chi connectivity index (χ3n) is 13.2. The van der Waals surface area contributed by atoms with E-state index >= 15 is 0 Å². The van der Waals surface area contributed by atoms with Crippen LogP contribution in [0.2, 0.25) is 0 Å². The van der Waals surface area contributed by atoms with Crippen LogP contribution in [0.25, 0.3) is 0 Å². The molecule has 0 nitrogen and oxygen atoms in total. The highest BCUT2D eigenvalue weighted by atomic mass is 14.6. The largest absolute Gasteiger partial charge is 0.0775 e. The Labute approximate surface area is 231 Å². The highest BCUT2D eigenvalue weighted by Gasteiger charge is 2.57. The molecule has 0 spiro atoms. The van der Waals surface area contributed by atoms with Crippen LogP contribution in [0, 0.1) is 58.2 Å². The van der Waals surface area contributed by atoms with E-state index < -0.39 is 0 Å². The van der Waals surface area contributed by atoms with Crippen molar-refractivity contribution in [1.29, 1.82) is 0 Å². The molecule has 9 atom stereocenters. The van der Waals surface area contributed by atoms with Crippen molar-refractivity contribution in [2.75, 3.05) is 0 Å². The van der Waals surface area contributed by atoms with Crippen molar-refractivity contribution in [3.63, 3.8) is 0 Å². The Morgan fingerprint density at radius 3 is 2.51 bits per heavy atom. The first-order chi connectivity index (χ1) is 17.8. The summed E-state index contributed by atoms with van der Waals surface area (Å²) in [5.74, 6) is 8.15. The molecule has 5 rings (SSSR count). The van der Waals surface area contributed by atoms with E-state index in [0.29, 0.717) is 10.8 Å². The van der Waals surface area contributed by atoms with Gasteiger partial charge in [0.05, 0.1) is 0 Å². The molecule has 5 unspecified atom stereocenters. The summed E-state index contributed by atoms with van der Waals surface area (Å²) in [5.41, 5.74) is 4.04. The monoisotopic (exact) mass is 504 g/mol. The average molecular weight is 505 g/mol. The molecule has 0 saturated heterocycles.